The number of benzene rings is 1. The Balaban J connectivity index is 2.03. The van der Waals surface area contributed by atoms with Gasteiger partial charge >= 0.3 is 6.18 Å². The molecule has 1 N–H and O–H groups in total. The highest BCUT2D eigenvalue weighted by molar-refractivity contribution is 7.93. The minimum absolute atomic E-state index is 0.0105. The Kier molecular flexibility index (Phi) is 6.79. The van der Waals surface area contributed by atoms with E-state index in [0.717, 1.165) is 19.9 Å². The van der Waals surface area contributed by atoms with Crippen LogP contribution in [0.15, 0.2) is 47.6 Å². The van der Waals surface area contributed by atoms with Crippen molar-refractivity contribution in [1.29, 1.82) is 0 Å². The van der Waals surface area contributed by atoms with E-state index in [2.05, 4.69) is 10.3 Å². The fourth-order valence-electron chi connectivity index (χ4n) is 2.19. The third-order valence-corrected chi connectivity index (χ3v) is 6.67. The first kappa shape index (κ1) is 23.0. The van der Waals surface area contributed by atoms with Gasteiger partial charge in [-0.1, -0.05) is 23.7 Å². The van der Waals surface area contributed by atoms with Gasteiger partial charge in [0.1, 0.15) is 12.4 Å². The molecule has 11 heteroatoms. The number of nitrogens with zero attached hydrogens (tertiary/aromatic N) is 1. The summed E-state index contributed by atoms with van der Waals surface area (Å²) in [4.78, 5) is 15.8. The van der Waals surface area contributed by atoms with Crippen molar-refractivity contribution in [3.8, 4) is 5.75 Å². The van der Waals surface area contributed by atoms with Gasteiger partial charge in [-0.15, -0.1) is 0 Å². The third-order valence-electron chi connectivity index (χ3n) is 4.04. The van der Waals surface area contributed by atoms with Gasteiger partial charge in [0.2, 0.25) is 15.7 Å². The summed E-state index contributed by atoms with van der Waals surface area (Å²) in [7, 11) is -4.35. The van der Waals surface area contributed by atoms with E-state index in [0.29, 0.717) is 23.0 Å². The monoisotopic (exact) mass is 450 g/mol. The Hall–Kier alpha value is -2.33. The van der Waals surface area contributed by atoms with Crippen LogP contribution in [0.25, 0.3) is 0 Å². The minimum Gasteiger partial charge on any atom is -0.490 e. The van der Waals surface area contributed by atoms with Crippen LogP contribution in [0, 0.1) is 0 Å². The number of ether oxygens (including phenoxy) is 1. The van der Waals surface area contributed by atoms with E-state index in [9.17, 15) is 26.4 Å². The number of para-hydroxylation sites is 1. The molecule has 0 aliphatic rings. The molecule has 1 aromatic heterocycles. The Morgan fingerprint density at radius 2 is 1.83 bits per heavy atom. The minimum atomic E-state index is -4.65. The quantitative estimate of drug-likeness (QED) is 0.652. The van der Waals surface area contributed by atoms with Gasteiger partial charge in [-0.3, -0.25) is 4.79 Å². The smallest absolute Gasteiger partial charge is 0.417 e. The fraction of sp³-hybridized carbons (Fsp3) is 0.333. The molecule has 0 saturated carbocycles. The predicted molar refractivity (Wildman–Crippen MR) is 100 cm³/mol. The number of rotatable bonds is 7. The summed E-state index contributed by atoms with van der Waals surface area (Å²) in [6.07, 6.45) is -4.23. The summed E-state index contributed by atoms with van der Waals surface area (Å²) in [5.41, 5.74) is -1.09. The van der Waals surface area contributed by atoms with Gasteiger partial charge in [-0.25, -0.2) is 13.4 Å². The number of amides is 1. The number of sulfone groups is 1. The summed E-state index contributed by atoms with van der Waals surface area (Å²) in [5.74, 6) is -0.439. The molecule has 0 spiro atoms. The molecule has 2 aromatic rings. The van der Waals surface area contributed by atoms with Crippen LogP contribution in [0.2, 0.25) is 5.02 Å². The maximum Gasteiger partial charge on any atom is 0.417 e. The number of carbonyl (C=O) groups is 1. The van der Waals surface area contributed by atoms with Gasteiger partial charge in [-0.2, -0.15) is 13.2 Å². The molecule has 0 radical (unpaired) electrons. The van der Waals surface area contributed by atoms with E-state index in [1.807, 2.05) is 0 Å². The second-order valence-electron chi connectivity index (χ2n) is 6.43. The molecule has 1 aromatic carbocycles. The van der Waals surface area contributed by atoms with Crippen LogP contribution >= 0.6 is 11.6 Å². The van der Waals surface area contributed by atoms with Crippen molar-refractivity contribution in [3.63, 3.8) is 0 Å². The van der Waals surface area contributed by atoms with Crippen molar-refractivity contribution in [3.05, 3.63) is 53.2 Å². The Morgan fingerprint density at radius 1 is 1.17 bits per heavy atom. The second-order valence-corrected chi connectivity index (χ2v) is 9.28. The molecular formula is C18H18ClF3N2O4S. The molecule has 0 bridgehead atoms. The molecule has 158 valence electrons. The van der Waals surface area contributed by atoms with Crippen molar-refractivity contribution in [2.75, 3.05) is 13.2 Å². The molecule has 1 heterocycles. The van der Waals surface area contributed by atoms with Crippen LogP contribution in [-0.4, -0.2) is 37.2 Å². The van der Waals surface area contributed by atoms with Gasteiger partial charge in [-0.05, 0) is 38.1 Å². The van der Waals surface area contributed by atoms with Crippen LogP contribution in [0.4, 0.5) is 13.2 Å². The highest BCUT2D eigenvalue weighted by Crippen LogP contribution is 2.30. The lowest BCUT2D eigenvalue weighted by atomic mass is 10.2. The largest absolute Gasteiger partial charge is 0.490 e. The maximum absolute atomic E-state index is 12.7. The maximum atomic E-state index is 12.7. The van der Waals surface area contributed by atoms with Crippen LogP contribution in [0.3, 0.4) is 0 Å². The highest BCUT2D eigenvalue weighted by atomic mass is 35.5. The van der Waals surface area contributed by atoms with Gasteiger partial charge < -0.3 is 10.1 Å². The van der Waals surface area contributed by atoms with Crippen molar-refractivity contribution in [1.82, 2.24) is 10.3 Å². The lowest BCUT2D eigenvalue weighted by Gasteiger charge is -2.23. The summed E-state index contributed by atoms with van der Waals surface area (Å²) in [6.45, 7) is 2.31. The van der Waals surface area contributed by atoms with E-state index >= 15 is 0 Å². The SMILES string of the molecule is CC(C)(C(=O)NCCOc1ccccc1Cl)S(=O)(=O)c1ccc(C(F)(F)F)cn1. The molecule has 1 amide bonds. The molecule has 0 atom stereocenters. The summed E-state index contributed by atoms with van der Waals surface area (Å²) < 4.78 is 66.7. The number of nitrogens with one attached hydrogen (secondary N) is 1. The number of aromatic nitrogens is 1. The van der Waals surface area contributed by atoms with Crippen LogP contribution < -0.4 is 10.1 Å². The van der Waals surface area contributed by atoms with Gasteiger partial charge in [0.25, 0.3) is 0 Å². The average Bonchev–Trinajstić information content (AvgIpc) is 2.65. The second kappa shape index (κ2) is 8.58. The zero-order valence-electron chi connectivity index (χ0n) is 15.5. The molecule has 29 heavy (non-hydrogen) atoms. The number of pyridine rings is 1. The standard InChI is InChI=1S/C18H18ClF3N2O4S/c1-17(2,16(25)23-9-10-28-14-6-4-3-5-13(14)19)29(26,27)15-8-7-12(11-24-15)18(20,21)22/h3-8,11H,9-10H2,1-2H3,(H,23,25). The molecule has 0 aliphatic carbocycles. The molecule has 0 saturated heterocycles. The van der Waals surface area contributed by atoms with Crippen LogP contribution in [-0.2, 0) is 20.8 Å². The van der Waals surface area contributed by atoms with Gasteiger partial charge in [0.05, 0.1) is 17.1 Å². The van der Waals surface area contributed by atoms with Crippen LogP contribution in [0.1, 0.15) is 19.4 Å². The first-order chi connectivity index (χ1) is 13.4. The van der Waals surface area contributed by atoms with E-state index < -0.39 is 37.3 Å². The zero-order chi connectivity index (χ0) is 21.9. The first-order valence-corrected chi connectivity index (χ1v) is 10.2. The predicted octanol–water partition coefficient (Wildman–Crippen LogP) is 3.50. The van der Waals surface area contributed by atoms with E-state index in [-0.39, 0.29) is 13.2 Å². The number of hydrogen-bond acceptors (Lipinski definition) is 5. The molecule has 0 aliphatic heterocycles. The first-order valence-electron chi connectivity index (χ1n) is 8.31. The van der Waals surface area contributed by atoms with Gasteiger partial charge in [0.15, 0.2) is 9.77 Å². The Bertz CT molecular complexity index is 977. The summed E-state index contributed by atoms with van der Waals surface area (Å²) >= 11 is 5.94. The average molecular weight is 451 g/mol. The van der Waals surface area contributed by atoms with Crippen molar-refractivity contribution in [2.24, 2.45) is 0 Å². The topological polar surface area (TPSA) is 85.4 Å². The highest BCUT2D eigenvalue weighted by Gasteiger charge is 2.44. The van der Waals surface area contributed by atoms with Crippen LogP contribution in [0.5, 0.6) is 5.75 Å². The molecule has 2 rings (SSSR count). The number of hydrogen-bond donors (Lipinski definition) is 1. The zero-order valence-corrected chi connectivity index (χ0v) is 17.0. The summed E-state index contributed by atoms with van der Waals surface area (Å²) in [5, 5.41) is 2.19. The number of carbonyl (C=O) groups excluding carboxylic acids is 1. The van der Waals surface area contributed by atoms with E-state index in [1.165, 1.54) is 0 Å². The molecule has 6 nitrogen and oxygen atoms in total. The number of halogens is 4. The summed E-state index contributed by atoms with van der Waals surface area (Å²) in [6, 6.07) is 8.03. The van der Waals surface area contributed by atoms with E-state index in [4.69, 9.17) is 16.3 Å². The van der Waals surface area contributed by atoms with Gasteiger partial charge in [0, 0.05) is 6.20 Å². The number of alkyl halides is 3. The normalized spacial score (nSPS) is 12.5. The molecular weight excluding hydrogens is 433 g/mol. The Labute approximate surface area is 171 Å². The fourth-order valence-corrected chi connectivity index (χ4v) is 3.66. The Morgan fingerprint density at radius 3 is 2.38 bits per heavy atom. The van der Waals surface area contributed by atoms with Crippen molar-refractivity contribution < 1.29 is 31.1 Å². The third kappa shape index (κ3) is 5.18. The molecule has 0 unspecified atom stereocenters. The molecule has 0 fully saturated rings. The van der Waals surface area contributed by atoms with Crippen molar-refractivity contribution in [2.45, 2.75) is 29.8 Å². The lowest BCUT2D eigenvalue weighted by Crippen LogP contribution is -2.49. The van der Waals surface area contributed by atoms with E-state index in [1.54, 1.807) is 24.3 Å². The van der Waals surface area contributed by atoms with Crippen molar-refractivity contribution >= 4 is 27.3 Å². The lowest BCUT2D eigenvalue weighted by molar-refractivity contribution is -0.137.